The third-order valence-electron chi connectivity index (χ3n) is 7.03. The number of carbonyl (C=O) groups excluding carboxylic acids is 1. The Bertz CT molecular complexity index is 1290. The zero-order valence-electron chi connectivity index (χ0n) is 20.7. The van der Waals surface area contributed by atoms with E-state index in [1.54, 1.807) is 31.9 Å². The van der Waals surface area contributed by atoms with Crippen LogP contribution in [0.15, 0.2) is 35.1 Å². The van der Waals surface area contributed by atoms with Crippen LogP contribution in [-0.2, 0) is 6.54 Å². The van der Waals surface area contributed by atoms with Crippen LogP contribution in [0.25, 0.3) is 10.9 Å². The number of carbonyl (C=O) groups is 1. The SMILES string of the molecule is COc1cc(C)[nH]c(=O)c1CNC(=O)c1c(C)n([C@H](C)C2C(F)CN(C)CC2F)c2ccccc12. The van der Waals surface area contributed by atoms with Gasteiger partial charge in [-0.3, -0.25) is 9.59 Å². The van der Waals surface area contributed by atoms with Crippen LogP contribution >= 0.6 is 0 Å². The van der Waals surface area contributed by atoms with Gasteiger partial charge >= 0.3 is 0 Å². The van der Waals surface area contributed by atoms with E-state index in [0.717, 1.165) is 5.52 Å². The monoisotopic (exact) mass is 486 g/mol. The minimum atomic E-state index is -1.32. The molecule has 4 rings (SSSR count). The summed E-state index contributed by atoms with van der Waals surface area (Å²) in [6, 6.07) is 8.56. The van der Waals surface area contributed by atoms with Crippen LogP contribution < -0.4 is 15.6 Å². The molecule has 1 amide bonds. The first-order valence-electron chi connectivity index (χ1n) is 11.7. The van der Waals surface area contributed by atoms with E-state index in [-0.39, 0.29) is 31.1 Å². The Kier molecular flexibility index (Phi) is 6.98. The lowest BCUT2D eigenvalue weighted by Crippen LogP contribution is -2.49. The standard InChI is InChI=1S/C26H32F2N4O3/c1-14-10-22(35-5)18(25(33)30-14)11-29-26(34)23-15(2)32(21-9-7-6-8-17(21)23)16(3)24-19(27)12-31(4)13-20(24)28/h6-10,16,19-20,24H,11-13H2,1-5H3,(H,29,34)(H,30,33)/t16-,19?,20?,24?/m1/s1. The summed E-state index contributed by atoms with van der Waals surface area (Å²) in [5, 5.41) is 3.52. The fourth-order valence-electron chi connectivity index (χ4n) is 5.41. The first kappa shape index (κ1) is 24.9. The molecule has 1 aliphatic heterocycles. The van der Waals surface area contributed by atoms with Crippen molar-refractivity contribution in [2.75, 3.05) is 27.2 Å². The Hall–Kier alpha value is -3.20. The second-order valence-corrected chi connectivity index (χ2v) is 9.43. The number of aryl methyl sites for hydroxylation is 1. The molecule has 1 aliphatic rings. The second kappa shape index (κ2) is 9.81. The van der Waals surface area contributed by atoms with Crippen molar-refractivity contribution >= 4 is 16.8 Å². The van der Waals surface area contributed by atoms with E-state index in [2.05, 4.69) is 10.3 Å². The maximum Gasteiger partial charge on any atom is 0.256 e. The van der Waals surface area contributed by atoms with Crippen LogP contribution in [0.3, 0.4) is 0 Å². The highest BCUT2D eigenvalue weighted by atomic mass is 19.1. The number of nitrogens with one attached hydrogen (secondary N) is 2. The van der Waals surface area contributed by atoms with Crippen LogP contribution in [0.5, 0.6) is 5.75 Å². The molecule has 0 spiro atoms. The molecule has 7 nitrogen and oxygen atoms in total. The van der Waals surface area contributed by atoms with Gasteiger partial charge in [0.1, 0.15) is 18.1 Å². The molecule has 2 unspecified atom stereocenters. The van der Waals surface area contributed by atoms with E-state index in [9.17, 15) is 9.59 Å². The van der Waals surface area contributed by atoms with Gasteiger partial charge < -0.3 is 24.5 Å². The van der Waals surface area contributed by atoms with Crippen LogP contribution in [0.2, 0.25) is 0 Å². The molecule has 2 N–H and O–H groups in total. The minimum Gasteiger partial charge on any atom is -0.496 e. The molecule has 2 aromatic heterocycles. The number of alkyl halides is 2. The van der Waals surface area contributed by atoms with Gasteiger partial charge in [-0.2, -0.15) is 0 Å². The molecule has 3 heterocycles. The molecule has 1 saturated heterocycles. The van der Waals surface area contributed by atoms with Crippen molar-refractivity contribution in [2.45, 2.75) is 45.7 Å². The van der Waals surface area contributed by atoms with Crippen molar-refractivity contribution in [2.24, 2.45) is 5.92 Å². The quantitative estimate of drug-likeness (QED) is 0.557. The van der Waals surface area contributed by atoms with E-state index in [1.807, 2.05) is 35.8 Å². The number of ether oxygens (including phenoxy) is 1. The lowest BCUT2D eigenvalue weighted by molar-refractivity contribution is 0.00512. The van der Waals surface area contributed by atoms with Gasteiger partial charge in [0, 0.05) is 47.3 Å². The van der Waals surface area contributed by atoms with E-state index in [1.165, 1.54) is 7.11 Å². The number of hydrogen-bond donors (Lipinski definition) is 2. The normalized spacial score (nSPS) is 21.7. The number of halogens is 2. The van der Waals surface area contributed by atoms with Crippen LogP contribution in [0.1, 0.15) is 40.3 Å². The molecule has 3 aromatic rings. The predicted octanol–water partition coefficient (Wildman–Crippen LogP) is 3.68. The van der Waals surface area contributed by atoms with Gasteiger partial charge in [0.25, 0.3) is 11.5 Å². The fraction of sp³-hybridized carbons (Fsp3) is 0.462. The topological polar surface area (TPSA) is 79.4 Å². The molecular formula is C26H32F2N4O3. The summed E-state index contributed by atoms with van der Waals surface area (Å²) in [7, 11) is 3.19. The number of hydrogen-bond acceptors (Lipinski definition) is 4. The van der Waals surface area contributed by atoms with Gasteiger partial charge in [0.15, 0.2) is 0 Å². The number of para-hydroxylation sites is 1. The van der Waals surface area contributed by atoms with Gasteiger partial charge in [-0.25, -0.2) is 8.78 Å². The van der Waals surface area contributed by atoms with E-state index in [4.69, 9.17) is 4.74 Å². The van der Waals surface area contributed by atoms with Gasteiger partial charge in [0.05, 0.1) is 24.8 Å². The zero-order chi connectivity index (χ0) is 25.4. The van der Waals surface area contributed by atoms with Gasteiger partial charge in [-0.1, -0.05) is 18.2 Å². The third kappa shape index (κ3) is 4.57. The number of H-pyrrole nitrogens is 1. The molecule has 3 atom stereocenters. The number of piperidine rings is 1. The number of rotatable bonds is 6. The molecule has 0 bridgehead atoms. The molecule has 0 radical (unpaired) electrons. The van der Waals surface area contributed by atoms with Crippen LogP contribution in [0.4, 0.5) is 8.78 Å². The molecular weight excluding hydrogens is 454 g/mol. The number of amides is 1. The maximum absolute atomic E-state index is 15.0. The second-order valence-electron chi connectivity index (χ2n) is 9.43. The number of pyridine rings is 1. The lowest BCUT2D eigenvalue weighted by Gasteiger charge is -2.39. The van der Waals surface area contributed by atoms with Gasteiger partial charge in [0.2, 0.25) is 0 Å². The van der Waals surface area contributed by atoms with E-state index in [0.29, 0.717) is 33.7 Å². The number of aromatic nitrogens is 2. The summed E-state index contributed by atoms with van der Waals surface area (Å²) in [6.07, 6.45) is -2.64. The molecule has 188 valence electrons. The molecule has 0 saturated carbocycles. The first-order chi connectivity index (χ1) is 16.6. The number of nitrogens with zero attached hydrogens (tertiary/aromatic N) is 2. The Balaban J connectivity index is 1.69. The van der Waals surface area contributed by atoms with Crippen molar-refractivity contribution in [3.8, 4) is 5.75 Å². The maximum atomic E-state index is 15.0. The number of fused-ring (bicyclic) bond motifs is 1. The van der Waals surface area contributed by atoms with Crippen LogP contribution in [0, 0.1) is 19.8 Å². The third-order valence-corrected chi connectivity index (χ3v) is 7.03. The van der Waals surface area contributed by atoms with E-state index < -0.39 is 24.3 Å². The van der Waals surface area contributed by atoms with Crippen molar-refractivity contribution < 1.29 is 18.3 Å². The average molecular weight is 487 g/mol. The first-order valence-corrected chi connectivity index (χ1v) is 11.7. The average Bonchev–Trinajstić information content (AvgIpc) is 3.08. The lowest BCUT2D eigenvalue weighted by atomic mass is 9.87. The van der Waals surface area contributed by atoms with Crippen LogP contribution in [-0.4, -0.2) is 59.9 Å². The Morgan fingerprint density at radius 3 is 2.54 bits per heavy atom. The number of methoxy groups -OCH3 is 1. The zero-order valence-corrected chi connectivity index (χ0v) is 20.7. The molecule has 0 aliphatic carbocycles. The van der Waals surface area contributed by atoms with E-state index >= 15 is 8.78 Å². The number of aromatic amines is 1. The highest BCUT2D eigenvalue weighted by Gasteiger charge is 2.41. The molecule has 9 heteroatoms. The molecule has 1 aromatic carbocycles. The summed E-state index contributed by atoms with van der Waals surface area (Å²) in [5.74, 6) is -0.805. The van der Waals surface area contributed by atoms with Gasteiger partial charge in [-0.15, -0.1) is 0 Å². The number of likely N-dealkylation sites (tertiary alicyclic amines) is 1. The Morgan fingerprint density at radius 2 is 1.89 bits per heavy atom. The van der Waals surface area contributed by atoms with Crippen molar-refractivity contribution in [1.82, 2.24) is 19.8 Å². The van der Waals surface area contributed by atoms with Gasteiger partial charge in [-0.05, 0) is 40.0 Å². The smallest absolute Gasteiger partial charge is 0.256 e. The summed E-state index contributed by atoms with van der Waals surface area (Å²) in [5.41, 5.74) is 2.43. The summed E-state index contributed by atoms with van der Waals surface area (Å²) < 4.78 is 37.2. The fourth-order valence-corrected chi connectivity index (χ4v) is 5.41. The van der Waals surface area contributed by atoms with Crippen molar-refractivity contribution in [3.05, 3.63) is 63.2 Å². The summed E-state index contributed by atoms with van der Waals surface area (Å²) >= 11 is 0. The largest absolute Gasteiger partial charge is 0.496 e. The van der Waals surface area contributed by atoms with Crippen molar-refractivity contribution in [1.29, 1.82) is 0 Å². The highest BCUT2D eigenvalue weighted by Crippen LogP contribution is 2.37. The highest BCUT2D eigenvalue weighted by molar-refractivity contribution is 6.08. The summed E-state index contributed by atoms with van der Waals surface area (Å²) in [4.78, 5) is 30.2. The predicted molar refractivity (Wildman–Crippen MR) is 132 cm³/mol. The molecule has 1 fully saturated rings. The number of benzene rings is 1. The minimum absolute atomic E-state index is 0.0276. The Morgan fingerprint density at radius 1 is 1.23 bits per heavy atom. The summed E-state index contributed by atoms with van der Waals surface area (Å²) in [6.45, 7) is 5.68. The Labute approximate surface area is 203 Å². The molecule has 35 heavy (non-hydrogen) atoms. The van der Waals surface area contributed by atoms with Crippen molar-refractivity contribution in [3.63, 3.8) is 0 Å².